The molecule has 0 unspecified atom stereocenters. The Morgan fingerprint density at radius 1 is 1.22 bits per heavy atom. The van der Waals surface area contributed by atoms with Gasteiger partial charge < -0.3 is 10.1 Å². The number of para-hydroxylation sites is 1. The lowest BCUT2D eigenvalue weighted by atomic mass is 10.2. The van der Waals surface area contributed by atoms with Gasteiger partial charge in [-0.2, -0.15) is 0 Å². The highest BCUT2D eigenvalue weighted by Crippen LogP contribution is 2.18. The molecular weight excluding hydrogens is 332 g/mol. The summed E-state index contributed by atoms with van der Waals surface area (Å²) >= 11 is 11.0. The molecule has 0 atom stereocenters. The van der Waals surface area contributed by atoms with Crippen LogP contribution in [0.25, 0.3) is 6.08 Å². The largest absolute Gasteiger partial charge is 0.496 e. The van der Waals surface area contributed by atoms with E-state index in [1.54, 1.807) is 37.5 Å². The van der Waals surface area contributed by atoms with Crippen molar-refractivity contribution in [3.05, 3.63) is 65.2 Å². The van der Waals surface area contributed by atoms with Crippen molar-refractivity contribution in [1.82, 2.24) is 5.32 Å². The number of rotatable bonds is 4. The molecule has 0 aromatic heterocycles. The van der Waals surface area contributed by atoms with Gasteiger partial charge in [0.25, 0.3) is 0 Å². The van der Waals surface area contributed by atoms with Crippen LogP contribution in [0.1, 0.15) is 5.56 Å². The Bertz CT molecular complexity index is 747. The molecule has 0 heterocycles. The Balaban J connectivity index is 1.94. The van der Waals surface area contributed by atoms with Gasteiger partial charge in [0.2, 0.25) is 5.91 Å². The van der Waals surface area contributed by atoms with E-state index < -0.39 is 0 Å². The minimum Gasteiger partial charge on any atom is -0.496 e. The van der Waals surface area contributed by atoms with Crippen LogP contribution >= 0.6 is 23.8 Å². The van der Waals surface area contributed by atoms with Crippen LogP contribution in [0.4, 0.5) is 5.69 Å². The van der Waals surface area contributed by atoms with E-state index in [2.05, 4.69) is 10.6 Å². The lowest BCUT2D eigenvalue weighted by Gasteiger charge is -2.08. The summed E-state index contributed by atoms with van der Waals surface area (Å²) in [6.45, 7) is 0. The zero-order valence-electron chi connectivity index (χ0n) is 12.4. The third-order valence-corrected chi connectivity index (χ3v) is 3.31. The Kier molecular flexibility index (Phi) is 6.14. The van der Waals surface area contributed by atoms with Crippen molar-refractivity contribution in [2.24, 2.45) is 0 Å². The smallest absolute Gasteiger partial charge is 0.250 e. The lowest BCUT2D eigenvalue weighted by Crippen LogP contribution is -2.32. The second kappa shape index (κ2) is 8.31. The van der Waals surface area contributed by atoms with Crippen LogP contribution in [-0.2, 0) is 4.79 Å². The van der Waals surface area contributed by atoms with Gasteiger partial charge in [-0.3, -0.25) is 10.1 Å². The van der Waals surface area contributed by atoms with Crippen LogP contribution in [-0.4, -0.2) is 18.1 Å². The number of carbonyl (C=O) groups is 1. The van der Waals surface area contributed by atoms with Gasteiger partial charge in [-0.25, -0.2) is 0 Å². The summed E-state index contributed by atoms with van der Waals surface area (Å²) in [6, 6.07) is 14.5. The quantitative estimate of drug-likeness (QED) is 0.651. The molecule has 0 radical (unpaired) electrons. The molecule has 0 saturated heterocycles. The predicted molar refractivity (Wildman–Crippen MR) is 97.8 cm³/mol. The second-order valence-corrected chi connectivity index (χ2v) is 5.37. The number of carbonyl (C=O) groups excluding carboxylic acids is 1. The Labute approximate surface area is 145 Å². The average Bonchev–Trinajstić information content (AvgIpc) is 2.53. The maximum Gasteiger partial charge on any atom is 0.250 e. The monoisotopic (exact) mass is 346 g/mol. The van der Waals surface area contributed by atoms with E-state index >= 15 is 0 Å². The van der Waals surface area contributed by atoms with Crippen molar-refractivity contribution in [3.8, 4) is 5.75 Å². The number of nitrogens with one attached hydrogen (secondary N) is 2. The predicted octanol–water partition coefficient (Wildman–Crippen LogP) is 3.88. The number of benzene rings is 2. The SMILES string of the molecule is COc1ccccc1/C=C/C(=O)NC(=S)Nc1cccc(Cl)c1. The Hall–Kier alpha value is -2.37. The molecular formula is C17H15ClN2O2S. The third-order valence-electron chi connectivity index (χ3n) is 2.87. The van der Waals surface area contributed by atoms with Gasteiger partial charge in [-0.15, -0.1) is 0 Å². The molecule has 2 N–H and O–H groups in total. The maximum atomic E-state index is 11.9. The fourth-order valence-electron chi connectivity index (χ4n) is 1.85. The van der Waals surface area contributed by atoms with Gasteiger partial charge in [0.05, 0.1) is 7.11 Å². The molecule has 2 aromatic carbocycles. The molecule has 0 spiro atoms. The Morgan fingerprint density at radius 3 is 2.74 bits per heavy atom. The summed E-state index contributed by atoms with van der Waals surface area (Å²) in [5, 5.41) is 6.24. The number of hydrogen-bond acceptors (Lipinski definition) is 3. The van der Waals surface area contributed by atoms with Crippen LogP contribution in [0, 0.1) is 0 Å². The molecule has 0 bridgehead atoms. The topological polar surface area (TPSA) is 50.4 Å². The highest BCUT2D eigenvalue weighted by molar-refractivity contribution is 7.80. The number of halogens is 1. The number of methoxy groups -OCH3 is 1. The summed E-state index contributed by atoms with van der Waals surface area (Å²) in [5.74, 6) is 0.353. The first kappa shape index (κ1) is 17.0. The average molecular weight is 347 g/mol. The molecule has 1 amide bonds. The lowest BCUT2D eigenvalue weighted by molar-refractivity contribution is -0.115. The molecule has 6 heteroatoms. The van der Waals surface area contributed by atoms with E-state index in [1.165, 1.54) is 6.08 Å². The van der Waals surface area contributed by atoms with Crippen LogP contribution in [0.2, 0.25) is 5.02 Å². The van der Waals surface area contributed by atoms with Gasteiger partial charge in [0, 0.05) is 22.3 Å². The first-order valence-electron chi connectivity index (χ1n) is 6.77. The van der Waals surface area contributed by atoms with E-state index in [0.717, 1.165) is 5.56 Å². The van der Waals surface area contributed by atoms with Crippen LogP contribution in [0.5, 0.6) is 5.75 Å². The molecule has 0 aliphatic rings. The second-order valence-electron chi connectivity index (χ2n) is 4.53. The first-order valence-corrected chi connectivity index (χ1v) is 7.56. The van der Waals surface area contributed by atoms with Crippen LogP contribution in [0.15, 0.2) is 54.6 Å². The number of anilines is 1. The van der Waals surface area contributed by atoms with Crippen molar-refractivity contribution < 1.29 is 9.53 Å². The van der Waals surface area contributed by atoms with E-state index in [9.17, 15) is 4.79 Å². The molecule has 2 aromatic rings. The van der Waals surface area contributed by atoms with E-state index in [-0.39, 0.29) is 11.0 Å². The first-order chi connectivity index (χ1) is 11.1. The number of thiocarbonyl (C=S) groups is 1. The molecule has 0 aliphatic heterocycles. The van der Waals surface area contributed by atoms with Gasteiger partial charge in [-0.05, 0) is 42.6 Å². The molecule has 23 heavy (non-hydrogen) atoms. The standard InChI is InChI=1S/C17H15ClN2O2S/c1-22-15-8-3-2-5-12(15)9-10-16(21)20-17(23)19-14-7-4-6-13(18)11-14/h2-11H,1H3,(H2,19,20,21,23)/b10-9+. The maximum absolute atomic E-state index is 11.9. The van der Waals surface area contributed by atoms with E-state index in [4.69, 9.17) is 28.6 Å². The molecule has 118 valence electrons. The number of hydrogen-bond donors (Lipinski definition) is 2. The third kappa shape index (κ3) is 5.39. The summed E-state index contributed by atoms with van der Waals surface area (Å²) in [7, 11) is 1.58. The van der Waals surface area contributed by atoms with Crippen molar-refractivity contribution in [2.45, 2.75) is 0 Å². The summed E-state index contributed by atoms with van der Waals surface area (Å²) in [6.07, 6.45) is 3.06. The van der Waals surface area contributed by atoms with Crippen molar-refractivity contribution >= 4 is 46.6 Å². The fraction of sp³-hybridized carbons (Fsp3) is 0.0588. The van der Waals surface area contributed by atoms with Gasteiger partial charge in [0.15, 0.2) is 5.11 Å². The van der Waals surface area contributed by atoms with Crippen LogP contribution in [0.3, 0.4) is 0 Å². The summed E-state index contributed by atoms with van der Waals surface area (Å²) in [4.78, 5) is 11.9. The minimum absolute atomic E-state index is 0.196. The fourth-order valence-corrected chi connectivity index (χ4v) is 2.26. The highest BCUT2D eigenvalue weighted by atomic mass is 35.5. The summed E-state index contributed by atoms with van der Waals surface area (Å²) in [5.41, 5.74) is 1.51. The molecule has 0 aliphatic carbocycles. The Morgan fingerprint density at radius 2 is 2.00 bits per heavy atom. The van der Waals surface area contributed by atoms with Gasteiger partial charge >= 0.3 is 0 Å². The molecule has 0 fully saturated rings. The van der Waals surface area contributed by atoms with Crippen LogP contribution < -0.4 is 15.4 Å². The van der Waals surface area contributed by atoms with Gasteiger partial charge in [-0.1, -0.05) is 35.9 Å². The minimum atomic E-state index is -0.338. The zero-order valence-corrected chi connectivity index (χ0v) is 13.9. The molecule has 2 rings (SSSR count). The number of ether oxygens (including phenoxy) is 1. The normalized spacial score (nSPS) is 10.3. The molecule has 4 nitrogen and oxygen atoms in total. The zero-order chi connectivity index (χ0) is 16.7. The summed E-state index contributed by atoms with van der Waals surface area (Å²) < 4.78 is 5.22. The van der Waals surface area contributed by atoms with Crippen molar-refractivity contribution in [2.75, 3.05) is 12.4 Å². The van der Waals surface area contributed by atoms with Crippen molar-refractivity contribution in [1.29, 1.82) is 0 Å². The van der Waals surface area contributed by atoms with Gasteiger partial charge in [0.1, 0.15) is 5.75 Å². The van der Waals surface area contributed by atoms with E-state index in [1.807, 2.05) is 24.3 Å². The van der Waals surface area contributed by atoms with E-state index in [0.29, 0.717) is 16.5 Å². The van der Waals surface area contributed by atoms with Crippen molar-refractivity contribution in [3.63, 3.8) is 0 Å². The molecule has 0 saturated carbocycles. The number of amides is 1. The highest BCUT2D eigenvalue weighted by Gasteiger charge is 2.03.